The topological polar surface area (TPSA) is 96.0 Å². The third-order valence-electron chi connectivity index (χ3n) is 5.89. The summed E-state index contributed by atoms with van der Waals surface area (Å²) in [5.41, 5.74) is 0.573. The second kappa shape index (κ2) is 13.1. The van der Waals surface area contributed by atoms with Gasteiger partial charge in [0, 0.05) is 23.6 Å². The molecule has 0 aromatic heterocycles. The van der Waals surface area contributed by atoms with Gasteiger partial charge >= 0.3 is 0 Å². The number of carbonyl (C=O) groups is 2. The molecule has 39 heavy (non-hydrogen) atoms. The van der Waals surface area contributed by atoms with E-state index in [4.69, 9.17) is 27.9 Å². The molecule has 3 aromatic rings. The number of nitrogens with zero attached hydrogens (tertiary/aromatic N) is 2. The minimum atomic E-state index is -4.30. The van der Waals surface area contributed by atoms with Crippen LogP contribution in [0.2, 0.25) is 10.0 Å². The predicted octanol–water partition coefficient (Wildman–Crippen LogP) is 4.89. The minimum Gasteiger partial charge on any atom is -0.494 e. The zero-order valence-corrected chi connectivity index (χ0v) is 23.9. The van der Waals surface area contributed by atoms with Crippen molar-refractivity contribution in [3.05, 3.63) is 88.2 Å². The second-order valence-electron chi connectivity index (χ2n) is 8.44. The highest BCUT2D eigenvalue weighted by molar-refractivity contribution is 7.92. The minimum absolute atomic E-state index is 0.0655. The van der Waals surface area contributed by atoms with Gasteiger partial charge in [-0.1, -0.05) is 29.3 Å². The highest BCUT2D eigenvalue weighted by atomic mass is 35.5. The fraction of sp³-hybridized carbons (Fsp3) is 0.259. The monoisotopic (exact) mass is 595 g/mol. The first-order valence-corrected chi connectivity index (χ1v) is 14.1. The van der Waals surface area contributed by atoms with Crippen LogP contribution in [-0.2, 0) is 26.2 Å². The molecule has 0 saturated carbocycles. The first kappa shape index (κ1) is 30.2. The summed E-state index contributed by atoms with van der Waals surface area (Å²) in [6.07, 6.45) is 0. The van der Waals surface area contributed by atoms with Crippen molar-refractivity contribution in [1.29, 1.82) is 0 Å². The first-order chi connectivity index (χ1) is 18.5. The van der Waals surface area contributed by atoms with E-state index in [2.05, 4.69) is 5.32 Å². The number of benzene rings is 3. The third kappa shape index (κ3) is 7.40. The molecule has 0 aliphatic heterocycles. The molecule has 0 spiro atoms. The molecule has 208 valence electrons. The van der Waals surface area contributed by atoms with Gasteiger partial charge in [-0.2, -0.15) is 0 Å². The van der Waals surface area contributed by atoms with E-state index in [0.717, 1.165) is 16.4 Å². The number of halogens is 3. The molecule has 0 fully saturated rings. The van der Waals surface area contributed by atoms with Crippen LogP contribution in [0.4, 0.5) is 10.1 Å². The molecule has 0 radical (unpaired) electrons. The molecule has 8 nitrogen and oxygen atoms in total. The summed E-state index contributed by atoms with van der Waals surface area (Å²) in [5.74, 6) is -1.24. The van der Waals surface area contributed by atoms with Crippen LogP contribution in [-0.4, -0.2) is 51.4 Å². The van der Waals surface area contributed by atoms with Crippen LogP contribution in [0.25, 0.3) is 0 Å². The number of hydrogen-bond donors (Lipinski definition) is 1. The average Bonchev–Trinajstić information content (AvgIpc) is 2.91. The van der Waals surface area contributed by atoms with E-state index < -0.39 is 40.2 Å². The summed E-state index contributed by atoms with van der Waals surface area (Å²) >= 11 is 12.3. The van der Waals surface area contributed by atoms with Gasteiger partial charge in [0.2, 0.25) is 11.8 Å². The van der Waals surface area contributed by atoms with E-state index in [9.17, 15) is 22.4 Å². The molecule has 1 N–H and O–H groups in total. The van der Waals surface area contributed by atoms with Crippen molar-refractivity contribution in [2.75, 3.05) is 24.5 Å². The molecule has 3 rings (SSSR count). The Morgan fingerprint density at radius 1 is 1.03 bits per heavy atom. The molecular formula is C27H28Cl2FN3O5S. The smallest absolute Gasteiger partial charge is 0.264 e. The highest BCUT2D eigenvalue weighted by Gasteiger charge is 2.32. The molecular weight excluding hydrogens is 568 g/mol. The fourth-order valence-corrected chi connectivity index (χ4v) is 5.65. The quantitative estimate of drug-likeness (QED) is 0.340. The van der Waals surface area contributed by atoms with Gasteiger partial charge in [-0.05, 0) is 80.1 Å². The van der Waals surface area contributed by atoms with Crippen molar-refractivity contribution in [3.63, 3.8) is 0 Å². The van der Waals surface area contributed by atoms with E-state index in [1.54, 1.807) is 19.1 Å². The van der Waals surface area contributed by atoms with E-state index in [-0.39, 0.29) is 22.2 Å². The van der Waals surface area contributed by atoms with Gasteiger partial charge in [0.05, 0.1) is 17.2 Å². The van der Waals surface area contributed by atoms with Crippen molar-refractivity contribution in [2.24, 2.45) is 0 Å². The number of carbonyl (C=O) groups excluding carboxylic acids is 2. The number of anilines is 1. The summed E-state index contributed by atoms with van der Waals surface area (Å²) < 4.78 is 47.5. The van der Waals surface area contributed by atoms with E-state index in [1.807, 2.05) is 0 Å². The second-order valence-corrected chi connectivity index (χ2v) is 11.1. The molecule has 1 atom stereocenters. The van der Waals surface area contributed by atoms with Crippen molar-refractivity contribution < 1.29 is 27.1 Å². The van der Waals surface area contributed by atoms with Crippen molar-refractivity contribution in [2.45, 2.75) is 31.3 Å². The zero-order valence-electron chi connectivity index (χ0n) is 21.5. The van der Waals surface area contributed by atoms with Crippen molar-refractivity contribution in [1.82, 2.24) is 10.2 Å². The third-order valence-corrected chi connectivity index (χ3v) is 8.26. The Bertz CT molecular complexity index is 1420. The van der Waals surface area contributed by atoms with Crippen molar-refractivity contribution in [3.8, 4) is 5.75 Å². The SMILES string of the molecule is CCOc1ccc(S(=O)(=O)N(CC(=O)N(Cc2ccc(Cl)cc2Cl)C(C)C(=O)NC)c2ccc(F)cc2)cc1. The number of rotatable bonds is 11. The molecule has 0 saturated heterocycles. The van der Waals surface area contributed by atoms with Crippen LogP contribution < -0.4 is 14.4 Å². The number of likely N-dealkylation sites (N-methyl/N-ethyl adjacent to an activating group) is 1. The van der Waals surface area contributed by atoms with E-state index >= 15 is 0 Å². The summed E-state index contributed by atoms with van der Waals surface area (Å²) in [5, 5.41) is 3.17. The van der Waals surface area contributed by atoms with Crippen LogP contribution >= 0.6 is 23.2 Å². The summed E-state index contributed by atoms with van der Waals surface area (Å²) in [4.78, 5) is 27.4. The number of amides is 2. The number of sulfonamides is 1. The average molecular weight is 597 g/mol. The van der Waals surface area contributed by atoms with Gasteiger partial charge in [-0.3, -0.25) is 13.9 Å². The van der Waals surface area contributed by atoms with Crippen LogP contribution in [0.1, 0.15) is 19.4 Å². The highest BCUT2D eigenvalue weighted by Crippen LogP contribution is 2.27. The Kier molecular flexibility index (Phi) is 10.2. The van der Waals surface area contributed by atoms with Gasteiger partial charge in [0.1, 0.15) is 24.2 Å². The largest absolute Gasteiger partial charge is 0.494 e. The lowest BCUT2D eigenvalue weighted by atomic mass is 10.1. The summed E-state index contributed by atoms with van der Waals surface area (Å²) in [6, 6.07) is 14.2. The number of ether oxygens (including phenoxy) is 1. The normalized spacial score (nSPS) is 11.9. The Balaban J connectivity index is 2.03. The van der Waals surface area contributed by atoms with Gasteiger partial charge in [-0.15, -0.1) is 0 Å². The Labute approximate surface area is 237 Å². The molecule has 0 aliphatic carbocycles. The molecule has 0 bridgehead atoms. The Morgan fingerprint density at radius 3 is 2.23 bits per heavy atom. The van der Waals surface area contributed by atoms with E-state index in [0.29, 0.717) is 22.9 Å². The standard InChI is InChI=1S/C27H28Cl2FN3O5S/c1-4-38-23-11-13-24(14-12-23)39(36,37)33(22-9-7-21(30)8-10-22)17-26(34)32(18(2)27(35)31-3)16-19-5-6-20(28)15-25(19)29/h5-15,18H,4,16-17H2,1-3H3,(H,31,35). The molecule has 1 unspecified atom stereocenters. The molecule has 2 amide bonds. The van der Waals surface area contributed by atoms with Gasteiger partial charge in [-0.25, -0.2) is 12.8 Å². The fourth-order valence-electron chi connectivity index (χ4n) is 3.76. The predicted molar refractivity (Wildman–Crippen MR) is 149 cm³/mol. The Morgan fingerprint density at radius 2 is 1.67 bits per heavy atom. The van der Waals surface area contributed by atoms with Crippen LogP contribution in [0.5, 0.6) is 5.75 Å². The molecule has 0 aliphatic rings. The lowest BCUT2D eigenvalue weighted by Gasteiger charge is -2.32. The maximum atomic E-state index is 13.8. The van der Waals surface area contributed by atoms with Gasteiger partial charge < -0.3 is 15.0 Å². The lowest BCUT2D eigenvalue weighted by molar-refractivity contribution is -0.139. The summed E-state index contributed by atoms with van der Waals surface area (Å²) in [6.45, 7) is 2.95. The summed E-state index contributed by atoms with van der Waals surface area (Å²) in [7, 11) is -2.87. The number of hydrogen-bond acceptors (Lipinski definition) is 5. The van der Waals surface area contributed by atoms with Gasteiger partial charge in [0.25, 0.3) is 10.0 Å². The maximum absolute atomic E-state index is 13.8. The lowest BCUT2D eigenvalue weighted by Crippen LogP contribution is -2.50. The van der Waals surface area contributed by atoms with Crippen LogP contribution in [0.3, 0.4) is 0 Å². The molecule has 3 aromatic carbocycles. The number of nitrogens with one attached hydrogen (secondary N) is 1. The zero-order chi connectivity index (χ0) is 28.7. The first-order valence-electron chi connectivity index (χ1n) is 11.9. The van der Waals surface area contributed by atoms with Crippen LogP contribution in [0.15, 0.2) is 71.6 Å². The van der Waals surface area contributed by atoms with Gasteiger partial charge in [0.15, 0.2) is 0 Å². The van der Waals surface area contributed by atoms with Crippen molar-refractivity contribution >= 4 is 50.7 Å². The Hall–Kier alpha value is -3.34. The van der Waals surface area contributed by atoms with E-state index in [1.165, 1.54) is 61.3 Å². The molecule has 0 heterocycles. The van der Waals surface area contributed by atoms with Crippen LogP contribution in [0, 0.1) is 5.82 Å². The molecule has 12 heteroatoms. The maximum Gasteiger partial charge on any atom is 0.264 e.